The molecule has 0 radical (unpaired) electrons. The summed E-state index contributed by atoms with van der Waals surface area (Å²) in [4.78, 5) is 35.7. The Kier molecular flexibility index (Phi) is 9.17. The van der Waals surface area contributed by atoms with Gasteiger partial charge in [0.2, 0.25) is 17.4 Å². The molecule has 6 rings (SSSR count). The summed E-state index contributed by atoms with van der Waals surface area (Å²) in [7, 11) is 1.59. The summed E-state index contributed by atoms with van der Waals surface area (Å²) in [6.07, 6.45) is 12.0. The second kappa shape index (κ2) is 13.3. The van der Waals surface area contributed by atoms with E-state index in [9.17, 15) is 14.7 Å². The van der Waals surface area contributed by atoms with E-state index in [4.69, 9.17) is 24.4 Å². The third-order valence-corrected chi connectivity index (χ3v) is 9.12. The molecule has 0 aromatic heterocycles. The largest absolute Gasteiger partial charge is 0.496 e. The second-order valence-electron chi connectivity index (χ2n) is 12.4. The van der Waals surface area contributed by atoms with E-state index in [1.807, 2.05) is 25.4 Å². The molecule has 6 N–H and O–H groups in total. The second-order valence-corrected chi connectivity index (χ2v) is 12.4. The standard InChI is InChI=1S/C33H41N7O7/c1-5-7-8-9-11-33(3,43)24-16-20-21(47-24)17-22-25(27(20)44-4)19(15-23(46-22)30(42)45-6-2)10-13-39-14-12-35-32(39)40-18-36-26-28(40)37-31(34)38-29(26)41/h10,12,14-15,17,24,32,35,43H,5-9,11,13,16,18H2,1-4H3,(H2,34,38,41)/p+2. The number of quaternary nitrogens is 2. The lowest BCUT2D eigenvalue weighted by molar-refractivity contribution is -1.05. The van der Waals surface area contributed by atoms with Crippen LogP contribution >= 0.6 is 0 Å². The van der Waals surface area contributed by atoms with Crippen LogP contribution < -0.4 is 34.6 Å². The van der Waals surface area contributed by atoms with Gasteiger partial charge in [-0.3, -0.25) is 20.8 Å². The van der Waals surface area contributed by atoms with Crippen LogP contribution in [0.1, 0.15) is 64.0 Å². The number of amidine groups is 1. The Bertz CT molecular complexity index is 1630. The molecule has 5 aliphatic rings. The normalized spacial score (nSPS) is 26.1. The number of hydrogen-bond donors (Lipinski definition) is 6. The van der Waals surface area contributed by atoms with Gasteiger partial charge in [0.25, 0.3) is 11.7 Å². The number of unbranched alkanes of at least 4 members (excludes halogenated alkanes) is 3. The smallest absolute Gasteiger partial charge is 0.374 e. The zero-order valence-electron chi connectivity index (χ0n) is 27.2. The maximum Gasteiger partial charge on any atom is 0.374 e. The molecular weight excluding hydrogens is 606 g/mol. The van der Waals surface area contributed by atoms with Gasteiger partial charge in [-0.05, 0) is 38.0 Å². The highest BCUT2D eigenvalue weighted by molar-refractivity contribution is 6.68. The molecule has 5 aliphatic heterocycles. The number of carbonyl (C=O) groups excluding carboxylic acids is 2. The number of benzene rings is 1. The number of fused-ring (bicyclic) bond motifs is 3. The summed E-state index contributed by atoms with van der Waals surface area (Å²) >= 11 is 0. The Labute approximate surface area is 273 Å². The summed E-state index contributed by atoms with van der Waals surface area (Å²) in [6.45, 7) is 6.67. The van der Waals surface area contributed by atoms with Gasteiger partial charge >= 0.3 is 12.3 Å². The van der Waals surface area contributed by atoms with Crippen molar-refractivity contribution in [3.05, 3.63) is 47.5 Å². The molecule has 250 valence electrons. The number of nitrogens with zero attached hydrogens (tertiary/aromatic N) is 2. The number of rotatable bonds is 12. The number of hydrogen-bond acceptors (Lipinski definition) is 10. The summed E-state index contributed by atoms with van der Waals surface area (Å²) in [5.74, 6) is 0.756. The van der Waals surface area contributed by atoms with Crippen molar-refractivity contribution in [1.82, 2.24) is 10.6 Å². The van der Waals surface area contributed by atoms with Crippen LogP contribution in [0.5, 0.6) is 17.2 Å². The first-order chi connectivity index (χ1) is 22.6. The number of nitrogens with one attached hydrogen (secondary N) is 5. The van der Waals surface area contributed by atoms with Crippen LogP contribution in [0.25, 0.3) is 5.57 Å². The van der Waals surface area contributed by atoms with Crippen molar-refractivity contribution in [1.29, 1.82) is 5.41 Å². The fraction of sp³-hybridized carbons (Fsp3) is 0.485. The average Bonchev–Trinajstić information content (AvgIpc) is 3.79. The number of methoxy groups -OCH3 is 1. The first-order valence-corrected chi connectivity index (χ1v) is 16.2. The van der Waals surface area contributed by atoms with Crippen molar-refractivity contribution in [2.24, 2.45) is 9.98 Å². The van der Waals surface area contributed by atoms with Crippen LogP contribution in [0.4, 0.5) is 0 Å². The summed E-state index contributed by atoms with van der Waals surface area (Å²) in [5, 5.41) is 25.1. The highest BCUT2D eigenvalue weighted by Crippen LogP contribution is 2.50. The Morgan fingerprint density at radius 1 is 1.28 bits per heavy atom. The Balaban J connectivity index is 1.30. The van der Waals surface area contributed by atoms with E-state index in [0.717, 1.165) is 41.0 Å². The van der Waals surface area contributed by atoms with Gasteiger partial charge < -0.3 is 24.1 Å². The predicted octanol–water partition coefficient (Wildman–Crippen LogP) is -0.0541. The molecule has 14 heteroatoms. The van der Waals surface area contributed by atoms with Crippen LogP contribution in [0.15, 0.2) is 46.4 Å². The molecule has 0 saturated heterocycles. The first kappa shape index (κ1) is 32.4. The third-order valence-electron chi connectivity index (χ3n) is 9.12. The highest BCUT2D eigenvalue weighted by Gasteiger charge is 2.46. The van der Waals surface area contributed by atoms with Gasteiger partial charge in [0.05, 0.1) is 31.1 Å². The number of ether oxygens (including phenoxy) is 4. The van der Waals surface area contributed by atoms with E-state index >= 15 is 0 Å². The van der Waals surface area contributed by atoms with Gasteiger partial charge in [0.15, 0.2) is 6.67 Å². The lowest BCUT2D eigenvalue weighted by Gasteiger charge is -2.29. The molecule has 0 saturated carbocycles. The van der Waals surface area contributed by atoms with Crippen molar-refractivity contribution in [3.8, 4) is 17.2 Å². The van der Waals surface area contributed by atoms with Crippen molar-refractivity contribution < 1.29 is 43.4 Å². The predicted molar refractivity (Wildman–Crippen MR) is 172 cm³/mol. The minimum atomic E-state index is -1.04. The monoisotopic (exact) mass is 649 g/mol. The zero-order valence-corrected chi connectivity index (χ0v) is 27.2. The van der Waals surface area contributed by atoms with Gasteiger partial charge in [-0.2, -0.15) is 9.89 Å². The zero-order chi connectivity index (χ0) is 33.3. The van der Waals surface area contributed by atoms with Gasteiger partial charge in [0, 0.05) is 18.1 Å². The fourth-order valence-electron chi connectivity index (χ4n) is 6.65. The van der Waals surface area contributed by atoms with E-state index in [2.05, 4.69) is 27.5 Å². The maximum absolute atomic E-state index is 12.9. The quantitative estimate of drug-likeness (QED) is 0.135. The minimum Gasteiger partial charge on any atom is -0.496 e. The number of aliphatic hydroxyl groups is 1. The number of amides is 1. The van der Waals surface area contributed by atoms with Gasteiger partial charge in [0.1, 0.15) is 36.1 Å². The Morgan fingerprint density at radius 3 is 2.87 bits per heavy atom. The molecule has 5 unspecified atom stereocenters. The molecule has 5 heterocycles. The summed E-state index contributed by atoms with van der Waals surface area (Å²) in [5.41, 5.74) is 1.42. The molecule has 1 aromatic rings. The molecule has 1 amide bonds. The van der Waals surface area contributed by atoms with Crippen LogP contribution in [0.2, 0.25) is 0 Å². The molecular formula is C33H43N7O7+2. The molecule has 0 spiro atoms. The van der Waals surface area contributed by atoms with Gasteiger partial charge in [-0.15, -0.1) is 0 Å². The van der Waals surface area contributed by atoms with Crippen LogP contribution in [-0.4, -0.2) is 79.4 Å². The number of allylic oxidation sites excluding steroid dienone is 2. The number of aliphatic imine (C=N–C) groups is 2. The Morgan fingerprint density at radius 2 is 2.11 bits per heavy atom. The van der Waals surface area contributed by atoms with Crippen LogP contribution in [0, 0.1) is 5.41 Å². The van der Waals surface area contributed by atoms with E-state index < -0.39 is 23.6 Å². The molecule has 1 aromatic carbocycles. The van der Waals surface area contributed by atoms with E-state index in [-0.39, 0.29) is 30.3 Å². The van der Waals surface area contributed by atoms with Crippen molar-refractivity contribution >= 4 is 35.0 Å². The minimum absolute atomic E-state index is 0.0380. The molecule has 0 fully saturated rings. The lowest BCUT2D eigenvalue weighted by atomic mass is 9.88. The molecule has 47 heavy (non-hydrogen) atoms. The SMILES string of the molecule is CCCCCCC(C)(O)C1Cc2c(cc3c(c2OC)C(=CC[NH+]2C=CNC2[NH+]2CN=C4C(=O)NC(=N)N=C42)C=C(C(=O)OCC)O3)O1. The number of esters is 1. The molecule has 0 aliphatic carbocycles. The molecule has 5 atom stereocenters. The van der Waals surface area contributed by atoms with Crippen molar-refractivity contribution in [2.45, 2.75) is 77.3 Å². The fourth-order valence-corrected chi connectivity index (χ4v) is 6.65. The Hall–Kier alpha value is -4.53. The van der Waals surface area contributed by atoms with E-state index in [1.54, 1.807) is 26.2 Å². The number of carbonyl (C=O) groups is 2. The van der Waals surface area contributed by atoms with Crippen LogP contribution in [-0.2, 0) is 20.7 Å². The van der Waals surface area contributed by atoms with Crippen molar-refractivity contribution in [3.63, 3.8) is 0 Å². The maximum atomic E-state index is 12.9. The van der Waals surface area contributed by atoms with Crippen molar-refractivity contribution in [2.75, 3.05) is 26.9 Å². The van der Waals surface area contributed by atoms with E-state index in [1.165, 1.54) is 0 Å². The topological polar surface area (TPSA) is 173 Å². The number of guanidine groups is 1. The lowest BCUT2D eigenvalue weighted by Crippen LogP contribution is -3.36. The summed E-state index contributed by atoms with van der Waals surface area (Å²) in [6, 6.07) is 1.77. The third kappa shape index (κ3) is 6.27. The van der Waals surface area contributed by atoms with Crippen LogP contribution in [0.3, 0.4) is 0 Å². The highest BCUT2D eigenvalue weighted by atomic mass is 16.6. The van der Waals surface area contributed by atoms with Gasteiger partial charge in [-0.1, -0.05) is 32.6 Å². The summed E-state index contributed by atoms with van der Waals surface area (Å²) < 4.78 is 23.7. The molecule has 14 nitrogen and oxygen atoms in total. The van der Waals surface area contributed by atoms with E-state index in [0.29, 0.717) is 60.3 Å². The average molecular weight is 650 g/mol. The molecule has 0 bridgehead atoms. The first-order valence-electron chi connectivity index (χ1n) is 16.2. The van der Waals surface area contributed by atoms with Gasteiger partial charge in [-0.25, -0.2) is 14.7 Å².